The predicted octanol–water partition coefficient (Wildman–Crippen LogP) is 3.79. The molecule has 0 spiro atoms. The Morgan fingerprint density at radius 1 is 1.35 bits per heavy atom. The molecule has 0 bridgehead atoms. The molecule has 5 N–H and O–H groups in total. The Kier molecular flexibility index (Phi) is 6.78. The monoisotopic (exact) mass is 318 g/mol. The summed E-state index contributed by atoms with van der Waals surface area (Å²) in [4.78, 5) is 0. The predicted molar refractivity (Wildman–Crippen MR) is 95.1 cm³/mol. The number of hydrogen-bond donors (Lipinski definition) is 4. The van der Waals surface area contributed by atoms with Gasteiger partial charge in [0.05, 0.1) is 7.11 Å². The van der Waals surface area contributed by atoms with E-state index in [0.717, 1.165) is 23.4 Å². The number of ether oxygens (including phenoxy) is 2. The number of allylic oxidation sites excluding steroid dienone is 1. The average Bonchev–Trinajstić information content (AvgIpc) is 2.45. The number of benzene rings is 1. The Hall–Kier alpha value is -2.34. The fourth-order valence-electron chi connectivity index (χ4n) is 2.19. The molecule has 0 saturated heterocycles. The van der Waals surface area contributed by atoms with Gasteiger partial charge in [-0.1, -0.05) is 26.0 Å². The van der Waals surface area contributed by atoms with E-state index < -0.39 is 0 Å². The van der Waals surface area contributed by atoms with Crippen LogP contribution in [-0.4, -0.2) is 18.9 Å². The Balaban J connectivity index is 2.74. The lowest BCUT2D eigenvalue weighted by molar-refractivity contribution is 0.358. The number of rotatable bonds is 7. The molecule has 126 valence electrons. The summed E-state index contributed by atoms with van der Waals surface area (Å²) >= 11 is 0. The molecular weight excluding hydrogens is 292 g/mol. The summed E-state index contributed by atoms with van der Waals surface area (Å²) in [5.41, 5.74) is 4.21. The highest BCUT2D eigenvalue weighted by Gasteiger charge is 2.20. The van der Waals surface area contributed by atoms with Crippen LogP contribution in [0.25, 0.3) is 6.08 Å². The summed E-state index contributed by atoms with van der Waals surface area (Å²) in [5, 5.41) is 15.0. The van der Waals surface area contributed by atoms with Gasteiger partial charge >= 0.3 is 0 Å². The maximum Gasteiger partial charge on any atom is 0.189 e. The van der Waals surface area contributed by atoms with E-state index in [-0.39, 0.29) is 17.2 Å². The van der Waals surface area contributed by atoms with Gasteiger partial charge in [-0.3, -0.25) is 16.7 Å². The third-order valence-electron chi connectivity index (χ3n) is 3.28. The van der Waals surface area contributed by atoms with Crippen molar-refractivity contribution in [2.45, 2.75) is 33.6 Å². The molecule has 0 aliphatic heterocycles. The summed E-state index contributed by atoms with van der Waals surface area (Å²) in [5.74, 6) is 6.36. The molecule has 6 nitrogen and oxygen atoms in total. The number of hydrogen-bond acceptors (Lipinski definition) is 6. The van der Waals surface area contributed by atoms with Gasteiger partial charge in [0.15, 0.2) is 11.8 Å². The number of hydrazine groups is 1. The minimum Gasteiger partial charge on any atom is -0.496 e. The maximum atomic E-state index is 7.76. The topological polar surface area (TPSA) is 104 Å². The van der Waals surface area contributed by atoms with Crippen LogP contribution in [-0.2, 0) is 4.74 Å². The maximum absolute atomic E-state index is 7.76. The van der Waals surface area contributed by atoms with Gasteiger partial charge in [-0.2, -0.15) is 0 Å². The summed E-state index contributed by atoms with van der Waals surface area (Å²) < 4.78 is 10.4. The smallest absolute Gasteiger partial charge is 0.189 e. The standard InChI is InChI=1S/C17H26N4O2/c1-12(18)23-16(19)11-17(2,3)9-5-6-13-10-14(21-20)7-8-15(13)22-4/h5-8,10,18-19,21H,9,11,20H2,1-4H3/b6-5+,18-12?,19-16?. The summed E-state index contributed by atoms with van der Waals surface area (Å²) in [6, 6.07) is 5.61. The molecule has 0 radical (unpaired) electrons. The van der Waals surface area contributed by atoms with E-state index >= 15 is 0 Å². The second-order valence-corrected chi connectivity index (χ2v) is 6.13. The van der Waals surface area contributed by atoms with Gasteiger partial charge in [0.2, 0.25) is 0 Å². The molecule has 0 aliphatic rings. The van der Waals surface area contributed by atoms with Crippen LogP contribution >= 0.6 is 0 Å². The summed E-state index contributed by atoms with van der Waals surface area (Å²) in [6.45, 7) is 5.64. The molecule has 0 saturated carbocycles. The summed E-state index contributed by atoms with van der Waals surface area (Å²) in [7, 11) is 1.63. The van der Waals surface area contributed by atoms with Crippen LogP contribution in [0.4, 0.5) is 5.69 Å². The van der Waals surface area contributed by atoms with Gasteiger partial charge in [0, 0.05) is 24.6 Å². The Bertz CT molecular complexity index is 594. The van der Waals surface area contributed by atoms with Crippen LogP contribution in [0.3, 0.4) is 0 Å². The number of nitrogens with two attached hydrogens (primary N) is 1. The third kappa shape index (κ3) is 6.52. The van der Waals surface area contributed by atoms with E-state index in [0.29, 0.717) is 6.42 Å². The van der Waals surface area contributed by atoms with Gasteiger partial charge in [-0.15, -0.1) is 0 Å². The fraction of sp³-hybridized carbons (Fsp3) is 0.412. The molecule has 23 heavy (non-hydrogen) atoms. The highest BCUT2D eigenvalue weighted by Crippen LogP contribution is 2.28. The second kappa shape index (κ2) is 8.33. The number of nitrogen functional groups attached to an aromatic ring is 1. The Morgan fingerprint density at radius 3 is 2.61 bits per heavy atom. The van der Waals surface area contributed by atoms with Crippen molar-refractivity contribution in [2.24, 2.45) is 11.3 Å². The van der Waals surface area contributed by atoms with Crippen molar-refractivity contribution < 1.29 is 9.47 Å². The zero-order valence-electron chi connectivity index (χ0n) is 14.2. The zero-order valence-corrected chi connectivity index (χ0v) is 14.2. The van der Waals surface area contributed by atoms with Crippen LogP contribution < -0.4 is 16.0 Å². The molecule has 0 aliphatic carbocycles. The average molecular weight is 318 g/mol. The molecule has 0 amide bonds. The first kappa shape index (κ1) is 18.7. The van der Waals surface area contributed by atoms with Crippen molar-refractivity contribution in [3.05, 3.63) is 29.8 Å². The first-order chi connectivity index (χ1) is 10.8. The zero-order chi connectivity index (χ0) is 17.5. The van der Waals surface area contributed by atoms with E-state index in [1.165, 1.54) is 6.92 Å². The van der Waals surface area contributed by atoms with Crippen LogP contribution in [0.2, 0.25) is 0 Å². The van der Waals surface area contributed by atoms with E-state index in [2.05, 4.69) is 19.3 Å². The molecule has 1 aromatic carbocycles. The molecule has 0 unspecified atom stereocenters. The lowest BCUT2D eigenvalue weighted by atomic mass is 9.85. The minimum absolute atomic E-state index is 0.0391. The van der Waals surface area contributed by atoms with Crippen LogP contribution in [0.1, 0.15) is 39.2 Å². The van der Waals surface area contributed by atoms with Crippen LogP contribution in [0.15, 0.2) is 24.3 Å². The number of anilines is 1. The molecule has 0 heterocycles. The van der Waals surface area contributed by atoms with Gasteiger partial charge in [-0.25, -0.2) is 0 Å². The largest absolute Gasteiger partial charge is 0.496 e. The second-order valence-electron chi connectivity index (χ2n) is 6.13. The fourth-order valence-corrected chi connectivity index (χ4v) is 2.19. The van der Waals surface area contributed by atoms with Crippen molar-refractivity contribution in [1.82, 2.24) is 0 Å². The van der Waals surface area contributed by atoms with Gasteiger partial charge in [0.1, 0.15) is 5.75 Å². The lowest BCUT2D eigenvalue weighted by Gasteiger charge is -2.22. The molecule has 0 aromatic heterocycles. The van der Waals surface area contributed by atoms with E-state index in [4.69, 9.17) is 26.1 Å². The first-order valence-electron chi connectivity index (χ1n) is 7.39. The van der Waals surface area contributed by atoms with Crippen LogP contribution in [0, 0.1) is 16.2 Å². The Labute approximate surface area is 137 Å². The lowest BCUT2D eigenvalue weighted by Crippen LogP contribution is -2.19. The Morgan fingerprint density at radius 2 is 2.04 bits per heavy atom. The minimum atomic E-state index is -0.139. The van der Waals surface area contributed by atoms with Crippen molar-refractivity contribution >= 4 is 23.6 Å². The quantitative estimate of drug-likeness (QED) is 0.266. The molecule has 0 atom stereocenters. The molecular formula is C17H26N4O2. The molecule has 0 fully saturated rings. The van der Waals surface area contributed by atoms with Crippen LogP contribution in [0.5, 0.6) is 5.75 Å². The highest BCUT2D eigenvalue weighted by molar-refractivity contribution is 5.87. The normalized spacial score (nSPS) is 11.3. The van der Waals surface area contributed by atoms with E-state index in [1.54, 1.807) is 7.11 Å². The van der Waals surface area contributed by atoms with E-state index in [1.807, 2.05) is 30.4 Å². The van der Waals surface area contributed by atoms with Gasteiger partial charge in [-0.05, 0) is 30.0 Å². The van der Waals surface area contributed by atoms with Crippen molar-refractivity contribution in [2.75, 3.05) is 12.5 Å². The number of methoxy groups -OCH3 is 1. The number of nitrogens with one attached hydrogen (secondary N) is 3. The van der Waals surface area contributed by atoms with Gasteiger partial charge in [0.25, 0.3) is 0 Å². The molecule has 1 aromatic rings. The van der Waals surface area contributed by atoms with Crippen molar-refractivity contribution in [3.63, 3.8) is 0 Å². The molecule has 1 rings (SSSR count). The first-order valence-corrected chi connectivity index (χ1v) is 7.39. The SMILES string of the molecule is COc1ccc(NN)cc1/C=C/CC(C)(C)CC(=N)OC(C)=N. The van der Waals surface area contributed by atoms with Crippen molar-refractivity contribution in [1.29, 1.82) is 10.8 Å². The summed E-state index contributed by atoms with van der Waals surface area (Å²) in [6.07, 6.45) is 5.25. The molecule has 6 heteroatoms. The van der Waals surface area contributed by atoms with Crippen molar-refractivity contribution in [3.8, 4) is 5.75 Å². The van der Waals surface area contributed by atoms with E-state index in [9.17, 15) is 0 Å². The van der Waals surface area contributed by atoms with Gasteiger partial charge < -0.3 is 14.9 Å². The third-order valence-corrected chi connectivity index (χ3v) is 3.28. The highest BCUT2D eigenvalue weighted by atomic mass is 16.5.